The predicted octanol–water partition coefficient (Wildman–Crippen LogP) is 1.68. The summed E-state index contributed by atoms with van der Waals surface area (Å²) in [5, 5.41) is 10.9. The number of nitrogens with one attached hydrogen (secondary N) is 1. The molecule has 0 fully saturated rings. The summed E-state index contributed by atoms with van der Waals surface area (Å²) >= 11 is 5.60. The van der Waals surface area contributed by atoms with Gasteiger partial charge in [-0.15, -0.1) is 0 Å². The van der Waals surface area contributed by atoms with Crippen LogP contribution in [0.4, 0.5) is 4.39 Å². The van der Waals surface area contributed by atoms with Gasteiger partial charge in [0.2, 0.25) is 0 Å². The summed E-state index contributed by atoms with van der Waals surface area (Å²) in [6.07, 6.45) is 0. The fourth-order valence-corrected chi connectivity index (χ4v) is 1.18. The predicted molar refractivity (Wildman–Crippen MR) is 56.0 cm³/mol. The van der Waals surface area contributed by atoms with E-state index in [9.17, 15) is 14.0 Å². The molecule has 0 bridgehead atoms. The monoisotopic (exact) mass is 245 g/mol. The van der Waals surface area contributed by atoms with Gasteiger partial charge in [-0.1, -0.05) is 11.6 Å². The van der Waals surface area contributed by atoms with Gasteiger partial charge in [-0.2, -0.15) is 0 Å². The van der Waals surface area contributed by atoms with Gasteiger partial charge in [0, 0.05) is 5.02 Å². The fraction of sp³-hybridized carbons (Fsp3) is 0.200. The lowest BCUT2D eigenvalue weighted by molar-refractivity contribution is -0.138. The molecule has 0 saturated carbocycles. The Bertz CT molecular complexity index is 436. The van der Waals surface area contributed by atoms with E-state index in [-0.39, 0.29) is 10.6 Å². The molecular weight excluding hydrogens is 237 g/mol. The van der Waals surface area contributed by atoms with E-state index >= 15 is 0 Å². The first kappa shape index (κ1) is 12.4. The van der Waals surface area contributed by atoms with Gasteiger partial charge >= 0.3 is 5.97 Å². The molecule has 1 amide bonds. The van der Waals surface area contributed by atoms with Crippen LogP contribution in [0, 0.1) is 5.82 Å². The Kier molecular flexibility index (Phi) is 3.84. The summed E-state index contributed by atoms with van der Waals surface area (Å²) in [5.74, 6) is -2.76. The summed E-state index contributed by atoms with van der Waals surface area (Å²) in [5.41, 5.74) is -0.277. The van der Waals surface area contributed by atoms with Crippen molar-refractivity contribution in [3.63, 3.8) is 0 Å². The molecule has 16 heavy (non-hydrogen) atoms. The van der Waals surface area contributed by atoms with Gasteiger partial charge < -0.3 is 10.4 Å². The quantitative estimate of drug-likeness (QED) is 0.852. The highest BCUT2D eigenvalue weighted by Crippen LogP contribution is 2.14. The second kappa shape index (κ2) is 4.94. The van der Waals surface area contributed by atoms with Gasteiger partial charge in [0.05, 0.1) is 5.56 Å². The number of amides is 1. The number of rotatable bonds is 3. The maximum Gasteiger partial charge on any atom is 0.325 e. The topological polar surface area (TPSA) is 66.4 Å². The fourth-order valence-electron chi connectivity index (χ4n) is 1.01. The van der Waals surface area contributed by atoms with Crippen LogP contribution in [0.25, 0.3) is 0 Å². The van der Waals surface area contributed by atoms with Crippen LogP contribution in [0.15, 0.2) is 18.2 Å². The minimum absolute atomic E-state index is 0.203. The number of aliphatic carboxylic acids is 1. The molecule has 6 heteroatoms. The SMILES string of the molecule is CC(NC(=O)c1cc(Cl)ccc1F)C(=O)O. The van der Waals surface area contributed by atoms with Crippen molar-refractivity contribution in [2.45, 2.75) is 13.0 Å². The Morgan fingerprint density at radius 2 is 2.12 bits per heavy atom. The maximum atomic E-state index is 13.2. The van der Waals surface area contributed by atoms with E-state index < -0.39 is 23.7 Å². The highest BCUT2D eigenvalue weighted by atomic mass is 35.5. The van der Waals surface area contributed by atoms with Crippen molar-refractivity contribution in [3.05, 3.63) is 34.6 Å². The molecule has 1 aromatic carbocycles. The highest BCUT2D eigenvalue weighted by molar-refractivity contribution is 6.31. The summed E-state index contributed by atoms with van der Waals surface area (Å²) in [6, 6.07) is 2.39. The standard InChI is InChI=1S/C10H9ClFNO3/c1-5(10(15)16)13-9(14)7-4-6(11)2-3-8(7)12/h2-5H,1H3,(H,13,14)(H,15,16). The normalized spacial score (nSPS) is 11.9. The summed E-state index contributed by atoms with van der Waals surface area (Å²) in [6.45, 7) is 1.28. The molecule has 1 rings (SSSR count). The van der Waals surface area contributed by atoms with E-state index in [2.05, 4.69) is 5.32 Å². The molecule has 0 saturated heterocycles. The van der Waals surface area contributed by atoms with Crippen LogP contribution in [0.1, 0.15) is 17.3 Å². The number of hydrogen-bond acceptors (Lipinski definition) is 2. The molecule has 0 aliphatic rings. The van der Waals surface area contributed by atoms with Crippen LogP contribution in [-0.2, 0) is 4.79 Å². The van der Waals surface area contributed by atoms with Gasteiger partial charge in [-0.05, 0) is 25.1 Å². The van der Waals surface area contributed by atoms with E-state index in [0.717, 1.165) is 12.1 Å². The van der Waals surface area contributed by atoms with Crippen molar-refractivity contribution in [1.82, 2.24) is 5.32 Å². The Hall–Kier alpha value is -1.62. The third kappa shape index (κ3) is 2.93. The smallest absolute Gasteiger partial charge is 0.325 e. The number of carboxylic acid groups (broad SMARTS) is 1. The van der Waals surface area contributed by atoms with Crippen LogP contribution >= 0.6 is 11.6 Å². The number of carbonyl (C=O) groups is 2. The molecule has 0 heterocycles. The minimum atomic E-state index is -1.20. The van der Waals surface area contributed by atoms with Crippen LogP contribution in [-0.4, -0.2) is 23.0 Å². The molecule has 1 atom stereocenters. The second-order valence-electron chi connectivity index (χ2n) is 3.16. The molecule has 0 aromatic heterocycles. The average molecular weight is 246 g/mol. The van der Waals surface area contributed by atoms with Gasteiger partial charge in [0.1, 0.15) is 11.9 Å². The van der Waals surface area contributed by atoms with E-state index in [1.165, 1.54) is 13.0 Å². The lowest BCUT2D eigenvalue weighted by atomic mass is 10.2. The van der Waals surface area contributed by atoms with E-state index in [1.807, 2.05) is 0 Å². The Labute approximate surface area is 96.0 Å². The van der Waals surface area contributed by atoms with Crippen molar-refractivity contribution in [2.75, 3.05) is 0 Å². The molecule has 0 aliphatic heterocycles. The number of carbonyl (C=O) groups excluding carboxylic acids is 1. The summed E-state index contributed by atoms with van der Waals surface area (Å²) in [4.78, 5) is 21.9. The zero-order chi connectivity index (χ0) is 12.3. The van der Waals surface area contributed by atoms with Crippen LogP contribution in [0.5, 0.6) is 0 Å². The van der Waals surface area contributed by atoms with Gasteiger partial charge in [0.15, 0.2) is 0 Å². The molecule has 86 valence electrons. The molecule has 1 aromatic rings. The number of hydrogen-bond donors (Lipinski definition) is 2. The zero-order valence-electron chi connectivity index (χ0n) is 8.33. The largest absolute Gasteiger partial charge is 0.480 e. The minimum Gasteiger partial charge on any atom is -0.480 e. The molecule has 4 nitrogen and oxygen atoms in total. The second-order valence-corrected chi connectivity index (χ2v) is 3.59. The zero-order valence-corrected chi connectivity index (χ0v) is 9.08. The van der Waals surface area contributed by atoms with E-state index in [4.69, 9.17) is 16.7 Å². The molecule has 0 aliphatic carbocycles. The summed E-state index contributed by atoms with van der Waals surface area (Å²) < 4.78 is 13.2. The molecular formula is C10H9ClFNO3. The first-order valence-electron chi connectivity index (χ1n) is 4.40. The first-order chi connectivity index (χ1) is 7.41. The number of carboxylic acids is 1. The van der Waals surface area contributed by atoms with Crippen molar-refractivity contribution in [1.29, 1.82) is 0 Å². The Balaban J connectivity index is 2.88. The van der Waals surface area contributed by atoms with Crippen LogP contribution in [0.3, 0.4) is 0 Å². The van der Waals surface area contributed by atoms with Crippen molar-refractivity contribution < 1.29 is 19.1 Å². The highest BCUT2D eigenvalue weighted by Gasteiger charge is 2.18. The number of halogens is 2. The van der Waals surface area contributed by atoms with E-state index in [1.54, 1.807) is 0 Å². The van der Waals surface area contributed by atoms with Crippen LogP contribution < -0.4 is 5.32 Å². The molecule has 0 radical (unpaired) electrons. The van der Waals surface area contributed by atoms with E-state index in [0.29, 0.717) is 0 Å². The van der Waals surface area contributed by atoms with Gasteiger partial charge in [-0.3, -0.25) is 9.59 Å². The maximum absolute atomic E-state index is 13.2. The lowest BCUT2D eigenvalue weighted by Gasteiger charge is -2.09. The Morgan fingerprint density at radius 3 is 2.69 bits per heavy atom. The molecule has 2 N–H and O–H groups in total. The average Bonchev–Trinajstić information content (AvgIpc) is 2.21. The van der Waals surface area contributed by atoms with Gasteiger partial charge in [0.25, 0.3) is 5.91 Å². The molecule has 1 unspecified atom stereocenters. The lowest BCUT2D eigenvalue weighted by Crippen LogP contribution is -2.38. The van der Waals surface area contributed by atoms with Crippen LogP contribution in [0.2, 0.25) is 5.02 Å². The first-order valence-corrected chi connectivity index (χ1v) is 4.78. The Morgan fingerprint density at radius 1 is 1.50 bits per heavy atom. The number of benzene rings is 1. The third-order valence-electron chi connectivity index (χ3n) is 1.89. The summed E-state index contributed by atoms with van der Waals surface area (Å²) in [7, 11) is 0. The van der Waals surface area contributed by atoms with Crippen molar-refractivity contribution >= 4 is 23.5 Å². The van der Waals surface area contributed by atoms with Gasteiger partial charge in [-0.25, -0.2) is 4.39 Å². The van der Waals surface area contributed by atoms with Crippen molar-refractivity contribution in [2.24, 2.45) is 0 Å². The third-order valence-corrected chi connectivity index (χ3v) is 2.13. The van der Waals surface area contributed by atoms with Crippen molar-refractivity contribution in [3.8, 4) is 0 Å². The molecule has 0 spiro atoms.